The second-order valence-corrected chi connectivity index (χ2v) is 17.2. The molecule has 5 aliphatic rings. The van der Waals surface area contributed by atoms with E-state index in [0.717, 1.165) is 42.4 Å². The molecule has 0 spiro atoms. The number of aryl methyl sites for hydroxylation is 2. The van der Waals surface area contributed by atoms with Crippen LogP contribution in [0.2, 0.25) is 0 Å². The van der Waals surface area contributed by atoms with Crippen molar-refractivity contribution in [1.82, 2.24) is 0 Å². The van der Waals surface area contributed by atoms with Gasteiger partial charge < -0.3 is 5.32 Å². The zero-order valence-corrected chi connectivity index (χ0v) is 36.8. The van der Waals surface area contributed by atoms with Crippen molar-refractivity contribution in [3.8, 4) is 0 Å². The van der Waals surface area contributed by atoms with E-state index >= 15 is 0 Å². The van der Waals surface area contributed by atoms with Crippen molar-refractivity contribution in [1.29, 1.82) is 0 Å². The Morgan fingerprint density at radius 1 is 0.962 bits per heavy atom. The summed E-state index contributed by atoms with van der Waals surface area (Å²) in [5, 5.41) is 3.33. The number of hydrogen-bond acceptors (Lipinski definition) is 1. The first-order valence-corrected chi connectivity index (χ1v) is 21.8. The van der Waals surface area contributed by atoms with Gasteiger partial charge in [-0.15, -0.1) is 0 Å². The largest absolute Gasteiger partial charge is 0.388 e. The summed E-state index contributed by atoms with van der Waals surface area (Å²) in [6.45, 7) is 40.7. The SMILES string of the molecule is C.C=C1C=CC2(C)C(=C1)CCC1(C)C2CCC2(C)C1CC1CC(CCC)CC12C(=C)CCc1ccc(NC)c(C)c1.CC.CC.CC.CCC(C)C. The molecule has 0 amide bonds. The average molecular weight is 716 g/mol. The molecule has 8 unspecified atom stereocenters. The summed E-state index contributed by atoms with van der Waals surface area (Å²) in [5.74, 6) is 4.14. The fourth-order valence-corrected chi connectivity index (χ4v) is 12.0. The molecule has 0 bridgehead atoms. The minimum absolute atomic E-state index is 0. The molecule has 5 aliphatic carbocycles. The smallest absolute Gasteiger partial charge is 0.0367 e. The number of rotatable bonds is 8. The van der Waals surface area contributed by atoms with Gasteiger partial charge in [-0.1, -0.05) is 171 Å². The zero-order valence-electron chi connectivity index (χ0n) is 36.8. The highest BCUT2D eigenvalue weighted by atomic mass is 14.8. The summed E-state index contributed by atoms with van der Waals surface area (Å²) in [5.41, 5.74) is 9.82. The van der Waals surface area contributed by atoms with Gasteiger partial charge in [0.05, 0.1) is 0 Å². The van der Waals surface area contributed by atoms with Gasteiger partial charge in [0.15, 0.2) is 0 Å². The van der Waals surface area contributed by atoms with Crippen LogP contribution in [0, 0.1) is 58.2 Å². The van der Waals surface area contributed by atoms with Crippen LogP contribution in [-0.2, 0) is 6.42 Å². The van der Waals surface area contributed by atoms with E-state index in [1.165, 1.54) is 86.6 Å². The second-order valence-electron chi connectivity index (χ2n) is 17.2. The molecule has 0 aliphatic heterocycles. The highest BCUT2D eigenvalue weighted by molar-refractivity contribution is 5.51. The highest BCUT2D eigenvalue weighted by Gasteiger charge is 2.72. The minimum atomic E-state index is 0. The lowest BCUT2D eigenvalue weighted by Crippen LogP contribution is -2.57. The van der Waals surface area contributed by atoms with Crippen molar-refractivity contribution >= 4 is 5.69 Å². The van der Waals surface area contributed by atoms with Crippen LogP contribution in [0.25, 0.3) is 0 Å². The van der Waals surface area contributed by atoms with E-state index < -0.39 is 0 Å². The highest BCUT2D eigenvalue weighted by Crippen LogP contribution is 2.80. The van der Waals surface area contributed by atoms with Gasteiger partial charge >= 0.3 is 0 Å². The molecule has 1 aromatic rings. The average Bonchev–Trinajstić information content (AvgIpc) is 3.63. The normalized spacial score (nSPS) is 33.2. The fourth-order valence-electron chi connectivity index (χ4n) is 12.0. The number of nitrogens with one attached hydrogen (secondary N) is 1. The third-order valence-electron chi connectivity index (χ3n) is 14.6. The maximum absolute atomic E-state index is 5.04. The lowest BCUT2D eigenvalue weighted by molar-refractivity contribution is -0.118. The Labute approximate surface area is 327 Å². The number of fused-ring (bicyclic) bond motifs is 7. The fraction of sp³-hybridized carbons (Fsp3) is 0.725. The minimum Gasteiger partial charge on any atom is -0.388 e. The van der Waals surface area contributed by atoms with E-state index in [1.54, 1.807) is 11.1 Å². The van der Waals surface area contributed by atoms with Crippen LogP contribution in [0.5, 0.6) is 0 Å². The lowest BCUT2D eigenvalue weighted by atomic mass is 9.39. The van der Waals surface area contributed by atoms with Crippen LogP contribution in [0.4, 0.5) is 5.69 Å². The Morgan fingerprint density at radius 2 is 1.60 bits per heavy atom. The molecule has 4 saturated carbocycles. The van der Waals surface area contributed by atoms with Crippen molar-refractivity contribution in [2.75, 3.05) is 12.4 Å². The van der Waals surface area contributed by atoms with E-state index in [4.69, 9.17) is 6.58 Å². The molecule has 4 fully saturated rings. The monoisotopic (exact) mass is 716 g/mol. The standard InChI is InChI=1S/C39H55N.C5H12.3C2H6.CH4/c1-9-10-30-23-32-24-35-37(6)19-16-31-21-26(2)15-18-36(31,5)34(37)17-20-38(35,7)39(32,25-30)28(4)11-12-29-13-14-33(40-8)27(3)22-29;1-4-5(2)3;3*1-2;/h13-15,18,21-22,30,32,34-35,40H,2,4,9-12,16-17,19-20,23-25H2,1,3,5-8H3;5H,4H2,1-3H3;3*1-2H3;1H4. The molecule has 8 atom stereocenters. The third-order valence-corrected chi connectivity index (χ3v) is 14.6. The maximum Gasteiger partial charge on any atom is 0.0367 e. The Balaban J connectivity index is 0.00000101. The molecule has 0 radical (unpaired) electrons. The van der Waals surface area contributed by atoms with E-state index in [1.807, 2.05) is 48.6 Å². The van der Waals surface area contributed by atoms with E-state index in [9.17, 15) is 0 Å². The summed E-state index contributed by atoms with van der Waals surface area (Å²) >= 11 is 0. The second kappa shape index (κ2) is 20.6. The molecule has 1 aromatic carbocycles. The van der Waals surface area contributed by atoms with Crippen LogP contribution < -0.4 is 5.32 Å². The first-order chi connectivity index (χ1) is 24.3. The molecule has 0 heterocycles. The number of benzene rings is 1. The van der Waals surface area contributed by atoms with Gasteiger partial charge in [-0.05, 0) is 133 Å². The molecule has 1 nitrogen and oxygen atoms in total. The molecule has 298 valence electrons. The van der Waals surface area contributed by atoms with Crippen molar-refractivity contribution in [2.45, 2.75) is 181 Å². The molecule has 1 heteroatoms. The third kappa shape index (κ3) is 8.92. The molecule has 0 saturated heterocycles. The van der Waals surface area contributed by atoms with Crippen LogP contribution >= 0.6 is 0 Å². The maximum atomic E-state index is 5.04. The molecule has 52 heavy (non-hydrogen) atoms. The Morgan fingerprint density at radius 3 is 2.15 bits per heavy atom. The van der Waals surface area contributed by atoms with Gasteiger partial charge in [-0.25, -0.2) is 0 Å². The van der Waals surface area contributed by atoms with Crippen molar-refractivity contribution in [3.05, 3.63) is 77.4 Å². The zero-order chi connectivity index (χ0) is 38.8. The quantitative estimate of drug-likeness (QED) is 0.264. The molecular formula is C51H89N. The van der Waals surface area contributed by atoms with Gasteiger partial charge in [0, 0.05) is 18.2 Å². The Hall–Kier alpha value is -2.02. The van der Waals surface area contributed by atoms with E-state index in [2.05, 4.69) is 104 Å². The van der Waals surface area contributed by atoms with Crippen LogP contribution in [0.15, 0.2) is 66.3 Å². The van der Waals surface area contributed by atoms with Crippen LogP contribution in [0.3, 0.4) is 0 Å². The first kappa shape index (κ1) is 48.0. The summed E-state index contributed by atoms with van der Waals surface area (Å²) in [6.07, 6.45) is 23.2. The van der Waals surface area contributed by atoms with Crippen molar-refractivity contribution in [2.24, 2.45) is 51.2 Å². The molecular weight excluding hydrogens is 627 g/mol. The Bertz CT molecular complexity index is 1330. The predicted molar refractivity (Wildman–Crippen MR) is 238 cm³/mol. The van der Waals surface area contributed by atoms with Gasteiger partial charge in [0.2, 0.25) is 0 Å². The predicted octanol–water partition coefficient (Wildman–Crippen LogP) is 16.4. The van der Waals surface area contributed by atoms with Gasteiger partial charge in [-0.2, -0.15) is 0 Å². The van der Waals surface area contributed by atoms with Crippen LogP contribution in [-0.4, -0.2) is 7.05 Å². The Kier molecular flexibility index (Phi) is 19.0. The van der Waals surface area contributed by atoms with E-state index in [0.29, 0.717) is 16.2 Å². The lowest BCUT2D eigenvalue weighted by Gasteiger charge is -2.64. The van der Waals surface area contributed by atoms with Crippen molar-refractivity contribution < 1.29 is 0 Å². The molecule has 0 aromatic heterocycles. The number of allylic oxidation sites excluding steroid dienone is 6. The molecule has 1 N–H and O–H groups in total. The van der Waals surface area contributed by atoms with Crippen molar-refractivity contribution in [3.63, 3.8) is 0 Å². The summed E-state index contributed by atoms with van der Waals surface area (Å²) < 4.78 is 0. The van der Waals surface area contributed by atoms with Gasteiger partial charge in [0.25, 0.3) is 0 Å². The molecule has 6 rings (SSSR count). The van der Waals surface area contributed by atoms with Gasteiger partial charge in [-0.3, -0.25) is 0 Å². The summed E-state index contributed by atoms with van der Waals surface area (Å²) in [7, 11) is 2.02. The van der Waals surface area contributed by atoms with Gasteiger partial charge in [0.1, 0.15) is 0 Å². The first-order valence-electron chi connectivity index (χ1n) is 21.8. The summed E-state index contributed by atoms with van der Waals surface area (Å²) in [6, 6.07) is 6.99. The van der Waals surface area contributed by atoms with E-state index in [-0.39, 0.29) is 12.8 Å². The number of anilines is 1. The van der Waals surface area contributed by atoms with Crippen LogP contribution in [0.1, 0.15) is 179 Å². The topological polar surface area (TPSA) is 12.0 Å². The summed E-state index contributed by atoms with van der Waals surface area (Å²) in [4.78, 5) is 0. The number of hydrogen-bond donors (Lipinski definition) is 1.